The van der Waals surface area contributed by atoms with E-state index in [2.05, 4.69) is 44.1 Å². The van der Waals surface area contributed by atoms with Crippen molar-refractivity contribution in [2.75, 3.05) is 11.5 Å². The number of benzene rings is 2. The summed E-state index contributed by atoms with van der Waals surface area (Å²) in [6, 6.07) is 14.3. The van der Waals surface area contributed by atoms with Crippen molar-refractivity contribution in [3.05, 3.63) is 53.6 Å². The topological polar surface area (TPSA) is 81.5 Å². The van der Waals surface area contributed by atoms with Gasteiger partial charge in [-0.3, -0.25) is 0 Å². The molecule has 0 atom stereocenters. The molecule has 0 bridgehead atoms. The molecular formula is C26H38N2O2S. The van der Waals surface area contributed by atoms with Gasteiger partial charge in [-0.25, -0.2) is 0 Å². The van der Waals surface area contributed by atoms with Gasteiger partial charge in [0.25, 0.3) is 0 Å². The molecule has 5 N–H and O–H groups in total. The van der Waals surface area contributed by atoms with Gasteiger partial charge in [0.15, 0.2) is 0 Å². The lowest BCUT2D eigenvalue weighted by atomic mass is 9.68. The van der Waals surface area contributed by atoms with Crippen LogP contribution in [0.2, 0.25) is 0 Å². The molecule has 0 aliphatic heterocycles. The summed E-state index contributed by atoms with van der Waals surface area (Å²) in [4.78, 5) is 0. The Labute approximate surface area is 193 Å². The number of rotatable bonds is 5. The molecule has 2 fully saturated rings. The van der Waals surface area contributed by atoms with Crippen LogP contribution in [0.15, 0.2) is 42.5 Å². The third-order valence-electron chi connectivity index (χ3n) is 7.29. The second-order valence-electron chi connectivity index (χ2n) is 9.50. The van der Waals surface area contributed by atoms with E-state index in [4.69, 9.17) is 20.8 Å². The third-order valence-corrected chi connectivity index (χ3v) is 7.29. The van der Waals surface area contributed by atoms with Gasteiger partial charge in [0, 0.05) is 11.4 Å². The highest BCUT2D eigenvalue weighted by Crippen LogP contribution is 2.43. The Morgan fingerprint density at radius 1 is 0.806 bits per heavy atom. The monoisotopic (exact) mass is 442 g/mol. The number of anilines is 2. The SMILES string of the molecule is CC1CCC(C2CCC(c3ccc(OCc4cc(N)cc(N)c4)cc3)CC2)CC1.OS. The number of ether oxygens (including phenoxy) is 1. The normalized spacial score (nSPS) is 25.9. The molecule has 2 aliphatic rings. The summed E-state index contributed by atoms with van der Waals surface area (Å²) in [6.07, 6.45) is 11.4. The first kappa shape index (κ1) is 23.8. The summed E-state index contributed by atoms with van der Waals surface area (Å²) in [5, 5.41) is 0. The Bertz CT molecular complexity index is 775. The van der Waals surface area contributed by atoms with Crippen LogP contribution in [0, 0.1) is 17.8 Å². The molecule has 0 unspecified atom stereocenters. The van der Waals surface area contributed by atoms with Gasteiger partial charge in [0.05, 0.1) is 0 Å². The molecule has 4 nitrogen and oxygen atoms in total. The molecule has 31 heavy (non-hydrogen) atoms. The van der Waals surface area contributed by atoms with E-state index in [1.54, 1.807) is 6.07 Å². The van der Waals surface area contributed by atoms with E-state index in [1.807, 2.05) is 12.1 Å². The Hall–Kier alpha value is -1.85. The van der Waals surface area contributed by atoms with Crippen LogP contribution in [0.4, 0.5) is 11.4 Å². The average Bonchev–Trinajstić information content (AvgIpc) is 2.79. The molecule has 2 aromatic rings. The summed E-state index contributed by atoms with van der Waals surface area (Å²) >= 11 is 2.53. The van der Waals surface area contributed by atoms with E-state index in [0.717, 1.165) is 35.0 Å². The highest BCUT2D eigenvalue weighted by Gasteiger charge is 2.30. The lowest BCUT2D eigenvalue weighted by Crippen LogP contribution is -2.24. The van der Waals surface area contributed by atoms with Crippen molar-refractivity contribution in [1.82, 2.24) is 0 Å². The first-order valence-electron chi connectivity index (χ1n) is 11.6. The fourth-order valence-electron chi connectivity index (χ4n) is 5.51. The van der Waals surface area contributed by atoms with E-state index in [-0.39, 0.29) is 0 Å². The van der Waals surface area contributed by atoms with E-state index < -0.39 is 0 Å². The van der Waals surface area contributed by atoms with Gasteiger partial charge < -0.3 is 20.8 Å². The van der Waals surface area contributed by atoms with Crippen LogP contribution in [-0.4, -0.2) is 4.55 Å². The number of nitrogens with two attached hydrogens (primary N) is 2. The number of nitrogen functional groups attached to an aromatic ring is 2. The molecular weight excluding hydrogens is 404 g/mol. The van der Waals surface area contributed by atoms with Crippen LogP contribution in [0.5, 0.6) is 5.75 Å². The molecule has 2 aromatic carbocycles. The Morgan fingerprint density at radius 2 is 1.32 bits per heavy atom. The number of hydrogen-bond donors (Lipinski definition) is 4. The Morgan fingerprint density at radius 3 is 1.87 bits per heavy atom. The second kappa shape index (κ2) is 11.7. The van der Waals surface area contributed by atoms with Crippen LogP contribution in [0.25, 0.3) is 0 Å². The van der Waals surface area contributed by atoms with Crippen LogP contribution in [0.3, 0.4) is 0 Å². The Balaban J connectivity index is 0.00000132. The fourth-order valence-corrected chi connectivity index (χ4v) is 5.51. The maximum absolute atomic E-state index is 6.69. The minimum absolute atomic E-state index is 0.486. The summed E-state index contributed by atoms with van der Waals surface area (Å²) in [6.45, 7) is 2.91. The molecule has 0 saturated heterocycles. The molecule has 0 aromatic heterocycles. The van der Waals surface area contributed by atoms with Crippen LogP contribution >= 0.6 is 12.9 Å². The summed E-state index contributed by atoms with van der Waals surface area (Å²) in [5.41, 5.74) is 15.5. The predicted molar refractivity (Wildman–Crippen MR) is 133 cm³/mol. The molecule has 2 saturated carbocycles. The van der Waals surface area contributed by atoms with Crippen LogP contribution in [-0.2, 0) is 6.61 Å². The largest absolute Gasteiger partial charge is 0.489 e. The van der Waals surface area contributed by atoms with E-state index in [1.165, 1.54) is 56.9 Å². The van der Waals surface area contributed by atoms with Gasteiger partial charge in [0.1, 0.15) is 12.4 Å². The summed E-state index contributed by atoms with van der Waals surface area (Å²) in [7, 11) is 0. The van der Waals surface area contributed by atoms with Gasteiger partial charge in [-0.15, -0.1) is 0 Å². The number of hydrogen-bond acceptors (Lipinski definition) is 5. The van der Waals surface area contributed by atoms with E-state index in [9.17, 15) is 0 Å². The Kier molecular flexibility index (Phi) is 8.97. The van der Waals surface area contributed by atoms with Gasteiger partial charge in [-0.05, 0) is 117 Å². The molecule has 2 aliphatic carbocycles. The smallest absolute Gasteiger partial charge is 0.119 e. The van der Waals surface area contributed by atoms with Crippen LogP contribution in [0.1, 0.15) is 75.3 Å². The molecule has 0 radical (unpaired) electrons. The van der Waals surface area contributed by atoms with Gasteiger partial charge in [0.2, 0.25) is 0 Å². The van der Waals surface area contributed by atoms with Crippen molar-refractivity contribution in [2.24, 2.45) is 17.8 Å². The second-order valence-corrected chi connectivity index (χ2v) is 9.50. The molecule has 4 rings (SSSR count). The van der Waals surface area contributed by atoms with Gasteiger partial charge in [-0.2, -0.15) is 0 Å². The highest BCUT2D eigenvalue weighted by atomic mass is 32.1. The van der Waals surface area contributed by atoms with Crippen molar-refractivity contribution >= 4 is 24.3 Å². The van der Waals surface area contributed by atoms with E-state index >= 15 is 0 Å². The van der Waals surface area contributed by atoms with Crippen molar-refractivity contribution in [1.29, 1.82) is 0 Å². The third kappa shape index (κ3) is 6.81. The summed E-state index contributed by atoms with van der Waals surface area (Å²) < 4.78 is 12.6. The minimum atomic E-state index is 0.486. The van der Waals surface area contributed by atoms with Crippen molar-refractivity contribution in [3.63, 3.8) is 0 Å². The first-order chi connectivity index (χ1) is 15.1. The fraction of sp³-hybridized carbons (Fsp3) is 0.538. The molecule has 0 heterocycles. The number of thiol groups is 1. The van der Waals surface area contributed by atoms with Crippen molar-refractivity contribution in [2.45, 2.75) is 70.8 Å². The minimum Gasteiger partial charge on any atom is -0.489 e. The van der Waals surface area contributed by atoms with Gasteiger partial charge in [-0.1, -0.05) is 31.9 Å². The summed E-state index contributed by atoms with van der Waals surface area (Å²) in [5.74, 6) is 4.56. The van der Waals surface area contributed by atoms with Gasteiger partial charge >= 0.3 is 0 Å². The standard InChI is InChI=1S/C26H36N2O.H2OS/c1-18-2-4-20(5-3-18)21-6-8-22(9-7-21)23-10-12-26(13-11-23)29-17-19-14-24(27)16-25(28)15-19;1-2/h10-16,18,20-22H,2-9,17,27-28H2,1H3;1-2H. The molecule has 170 valence electrons. The highest BCUT2D eigenvalue weighted by molar-refractivity contribution is 7.74. The zero-order valence-corrected chi connectivity index (χ0v) is 19.6. The predicted octanol–water partition coefficient (Wildman–Crippen LogP) is 6.92. The first-order valence-corrected chi connectivity index (χ1v) is 12.0. The zero-order valence-electron chi connectivity index (χ0n) is 18.7. The lowest BCUT2D eigenvalue weighted by Gasteiger charge is -2.37. The maximum Gasteiger partial charge on any atom is 0.119 e. The maximum atomic E-state index is 6.69. The molecule has 5 heteroatoms. The molecule has 0 spiro atoms. The lowest BCUT2D eigenvalue weighted by molar-refractivity contribution is 0.165. The van der Waals surface area contributed by atoms with E-state index in [0.29, 0.717) is 18.0 Å². The van der Waals surface area contributed by atoms with Crippen molar-refractivity contribution < 1.29 is 9.29 Å². The average molecular weight is 443 g/mol. The van der Waals surface area contributed by atoms with Crippen LogP contribution < -0.4 is 16.2 Å². The zero-order chi connectivity index (χ0) is 22.2. The van der Waals surface area contributed by atoms with Crippen molar-refractivity contribution in [3.8, 4) is 5.75 Å². The quantitative estimate of drug-likeness (QED) is 0.230. The molecule has 0 amide bonds.